The minimum atomic E-state index is -3.46. The van der Waals surface area contributed by atoms with Gasteiger partial charge in [0.05, 0.1) is 11.5 Å². The zero-order chi connectivity index (χ0) is 16.6. The Balaban J connectivity index is 2.83. The predicted octanol–water partition coefficient (Wildman–Crippen LogP) is 0.839. The Morgan fingerprint density at radius 2 is 1.82 bits per heavy atom. The lowest BCUT2D eigenvalue weighted by atomic mass is 10.2. The van der Waals surface area contributed by atoms with Gasteiger partial charge in [-0.15, -0.1) is 0 Å². The van der Waals surface area contributed by atoms with E-state index in [-0.39, 0.29) is 24.0 Å². The van der Waals surface area contributed by atoms with Gasteiger partial charge in [0.25, 0.3) is 0 Å². The van der Waals surface area contributed by atoms with Crippen molar-refractivity contribution in [2.75, 3.05) is 26.2 Å². The molecule has 1 aromatic rings. The molecule has 0 aliphatic carbocycles. The monoisotopic (exact) mass is 326 g/mol. The molecule has 0 aromatic heterocycles. The summed E-state index contributed by atoms with van der Waals surface area (Å²) in [5.41, 5.74) is 0.720. The van der Waals surface area contributed by atoms with Crippen LogP contribution in [0, 0.1) is 0 Å². The summed E-state index contributed by atoms with van der Waals surface area (Å²) in [6, 6.07) is 6.34. The van der Waals surface area contributed by atoms with Crippen LogP contribution in [0.1, 0.15) is 19.4 Å². The number of rotatable bonds is 8. The van der Waals surface area contributed by atoms with Crippen LogP contribution < -0.4 is 5.32 Å². The van der Waals surface area contributed by atoms with Crippen molar-refractivity contribution in [2.24, 2.45) is 0 Å². The van der Waals surface area contributed by atoms with Crippen molar-refractivity contribution in [3.63, 3.8) is 0 Å². The SMILES string of the molecule is CCN(CC)S(=O)(=O)c1ccc(/C=C/C(=O)NCCO)cc1. The van der Waals surface area contributed by atoms with Crippen molar-refractivity contribution in [3.05, 3.63) is 35.9 Å². The average Bonchev–Trinajstić information content (AvgIpc) is 2.52. The van der Waals surface area contributed by atoms with Gasteiger partial charge < -0.3 is 10.4 Å². The second kappa shape index (κ2) is 8.67. The van der Waals surface area contributed by atoms with E-state index in [1.165, 1.54) is 22.5 Å². The molecule has 1 amide bonds. The third kappa shape index (κ3) is 4.94. The molecule has 0 saturated carbocycles. The molecule has 0 unspecified atom stereocenters. The highest BCUT2D eigenvalue weighted by Crippen LogP contribution is 2.16. The van der Waals surface area contributed by atoms with E-state index in [9.17, 15) is 13.2 Å². The quantitative estimate of drug-likeness (QED) is 0.693. The highest BCUT2D eigenvalue weighted by molar-refractivity contribution is 7.89. The van der Waals surface area contributed by atoms with Crippen molar-refractivity contribution in [3.8, 4) is 0 Å². The third-order valence-corrected chi connectivity index (χ3v) is 5.13. The van der Waals surface area contributed by atoms with E-state index in [0.717, 1.165) is 5.56 Å². The molecule has 0 spiro atoms. The first kappa shape index (κ1) is 18.3. The number of aliphatic hydroxyl groups is 1. The summed E-state index contributed by atoms with van der Waals surface area (Å²) in [4.78, 5) is 11.6. The summed E-state index contributed by atoms with van der Waals surface area (Å²) in [7, 11) is -3.46. The standard InChI is InChI=1S/C15H22N2O4S/c1-3-17(4-2)22(20,21)14-8-5-13(6-9-14)7-10-15(19)16-11-12-18/h5-10,18H,3-4,11-12H2,1-2H3,(H,16,19)/b10-7+. The van der Waals surface area contributed by atoms with Gasteiger partial charge in [0.15, 0.2) is 0 Å². The molecule has 0 atom stereocenters. The summed E-state index contributed by atoms with van der Waals surface area (Å²) >= 11 is 0. The smallest absolute Gasteiger partial charge is 0.244 e. The van der Waals surface area contributed by atoms with Crippen LogP contribution in [0.2, 0.25) is 0 Å². The minimum absolute atomic E-state index is 0.114. The fraction of sp³-hybridized carbons (Fsp3) is 0.400. The van der Waals surface area contributed by atoms with Crippen LogP contribution in [0.4, 0.5) is 0 Å². The van der Waals surface area contributed by atoms with E-state index in [4.69, 9.17) is 5.11 Å². The van der Waals surface area contributed by atoms with E-state index in [1.54, 1.807) is 32.1 Å². The van der Waals surface area contributed by atoms with E-state index in [1.807, 2.05) is 0 Å². The van der Waals surface area contributed by atoms with Crippen LogP contribution in [-0.4, -0.2) is 50.0 Å². The van der Waals surface area contributed by atoms with Crippen molar-refractivity contribution >= 4 is 22.0 Å². The maximum Gasteiger partial charge on any atom is 0.244 e. The fourth-order valence-corrected chi connectivity index (χ4v) is 3.33. The van der Waals surface area contributed by atoms with Crippen LogP contribution >= 0.6 is 0 Å². The first-order valence-electron chi connectivity index (χ1n) is 7.12. The molecule has 0 aliphatic rings. The summed E-state index contributed by atoms with van der Waals surface area (Å²) in [5.74, 6) is -0.311. The van der Waals surface area contributed by atoms with Crippen LogP contribution in [0.5, 0.6) is 0 Å². The summed E-state index contributed by atoms with van der Waals surface area (Å²) in [6.45, 7) is 4.52. The Kier molecular flexibility index (Phi) is 7.23. The number of nitrogens with zero attached hydrogens (tertiary/aromatic N) is 1. The molecule has 0 fully saturated rings. The van der Waals surface area contributed by atoms with Crippen LogP contribution in [0.15, 0.2) is 35.2 Å². The van der Waals surface area contributed by atoms with Crippen LogP contribution in [-0.2, 0) is 14.8 Å². The highest BCUT2D eigenvalue weighted by atomic mass is 32.2. The molecule has 0 aliphatic heterocycles. The van der Waals surface area contributed by atoms with Crippen LogP contribution in [0.25, 0.3) is 6.08 Å². The van der Waals surface area contributed by atoms with Crippen LogP contribution in [0.3, 0.4) is 0 Å². The number of carbonyl (C=O) groups is 1. The topological polar surface area (TPSA) is 86.7 Å². The van der Waals surface area contributed by atoms with E-state index in [2.05, 4.69) is 5.32 Å². The summed E-state index contributed by atoms with van der Waals surface area (Å²) in [5, 5.41) is 11.1. The number of amides is 1. The largest absolute Gasteiger partial charge is 0.395 e. The number of nitrogens with one attached hydrogen (secondary N) is 1. The first-order valence-corrected chi connectivity index (χ1v) is 8.56. The van der Waals surface area contributed by atoms with E-state index >= 15 is 0 Å². The zero-order valence-corrected chi connectivity index (χ0v) is 13.6. The lowest BCUT2D eigenvalue weighted by molar-refractivity contribution is -0.116. The first-order chi connectivity index (χ1) is 10.5. The maximum absolute atomic E-state index is 12.3. The number of aliphatic hydroxyl groups excluding tert-OH is 1. The average molecular weight is 326 g/mol. The molecule has 7 heteroatoms. The van der Waals surface area contributed by atoms with Gasteiger partial charge in [-0.05, 0) is 23.8 Å². The van der Waals surface area contributed by atoms with Gasteiger partial charge in [-0.25, -0.2) is 8.42 Å². The normalized spacial score (nSPS) is 12.0. The lowest BCUT2D eigenvalue weighted by Crippen LogP contribution is -2.30. The molecule has 0 heterocycles. The Bertz CT molecular complexity index is 605. The second-order valence-corrected chi connectivity index (χ2v) is 6.44. The van der Waals surface area contributed by atoms with E-state index < -0.39 is 10.0 Å². The predicted molar refractivity (Wildman–Crippen MR) is 85.7 cm³/mol. The fourth-order valence-electron chi connectivity index (χ4n) is 1.87. The molecule has 1 aromatic carbocycles. The van der Waals surface area contributed by atoms with Gasteiger partial charge in [-0.2, -0.15) is 4.31 Å². The third-order valence-electron chi connectivity index (χ3n) is 3.06. The van der Waals surface area contributed by atoms with Crippen molar-refractivity contribution in [1.82, 2.24) is 9.62 Å². The zero-order valence-electron chi connectivity index (χ0n) is 12.8. The molecule has 0 radical (unpaired) electrons. The maximum atomic E-state index is 12.3. The van der Waals surface area contributed by atoms with Gasteiger partial charge in [-0.3, -0.25) is 4.79 Å². The molecule has 122 valence electrons. The molecule has 1 rings (SSSR count). The van der Waals surface area contributed by atoms with Gasteiger partial charge in [0.2, 0.25) is 15.9 Å². The summed E-state index contributed by atoms with van der Waals surface area (Å²) < 4.78 is 26.0. The molecular formula is C15H22N2O4S. The van der Waals surface area contributed by atoms with Crippen molar-refractivity contribution < 1.29 is 18.3 Å². The number of benzene rings is 1. The molecule has 6 nitrogen and oxygen atoms in total. The molecular weight excluding hydrogens is 304 g/mol. The Morgan fingerprint density at radius 3 is 2.32 bits per heavy atom. The summed E-state index contributed by atoms with van der Waals surface area (Å²) in [6.07, 6.45) is 2.92. The minimum Gasteiger partial charge on any atom is -0.395 e. The molecule has 22 heavy (non-hydrogen) atoms. The number of hydrogen-bond acceptors (Lipinski definition) is 4. The van der Waals surface area contributed by atoms with Gasteiger partial charge in [-0.1, -0.05) is 26.0 Å². The number of carbonyl (C=O) groups excluding carboxylic acids is 1. The highest BCUT2D eigenvalue weighted by Gasteiger charge is 2.20. The Labute approximate surface area is 131 Å². The van der Waals surface area contributed by atoms with Gasteiger partial charge in [0.1, 0.15) is 0 Å². The molecule has 0 saturated heterocycles. The van der Waals surface area contributed by atoms with Gasteiger partial charge in [0, 0.05) is 25.7 Å². The Hall–Kier alpha value is -1.70. The van der Waals surface area contributed by atoms with Crippen molar-refractivity contribution in [1.29, 1.82) is 0 Å². The second-order valence-electron chi connectivity index (χ2n) is 4.51. The lowest BCUT2D eigenvalue weighted by Gasteiger charge is -2.18. The molecule has 0 bridgehead atoms. The van der Waals surface area contributed by atoms with E-state index in [0.29, 0.717) is 13.1 Å². The van der Waals surface area contributed by atoms with Gasteiger partial charge >= 0.3 is 0 Å². The van der Waals surface area contributed by atoms with Crippen molar-refractivity contribution in [2.45, 2.75) is 18.7 Å². The molecule has 2 N–H and O–H groups in total. The number of sulfonamides is 1. The number of hydrogen-bond donors (Lipinski definition) is 2. The Morgan fingerprint density at radius 1 is 1.23 bits per heavy atom.